The van der Waals surface area contributed by atoms with Crippen molar-refractivity contribution >= 4 is 18.6 Å². The zero-order chi connectivity index (χ0) is 14.6. The minimum absolute atomic E-state index is 0.262. The molecule has 0 amide bonds. The molecule has 0 saturated heterocycles. The highest BCUT2D eigenvalue weighted by atomic mass is 32.1. The first kappa shape index (κ1) is 15.8. The Morgan fingerprint density at radius 1 is 1.32 bits per heavy atom. The molecular weight excluding hydrogens is 286 g/mol. The quantitative estimate of drug-likeness (QED) is 0.578. The number of carboxylic acid groups (broad SMARTS) is 1. The second-order valence-corrected chi connectivity index (χ2v) is 4.13. The van der Waals surface area contributed by atoms with E-state index in [0.717, 1.165) is 24.3 Å². The van der Waals surface area contributed by atoms with E-state index in [2.05, 4.69) is 12.6 Å². The standard InChI is InChI=1S/C11H11F4NO2S/c12-7-3-1-6(2-4-7)9(11(13,14)15)16-8(5-19)10(17)18/h1-4,8-9,16,19H,5H2,(H,17,18)/t8-,9-/m0/s1. The molecule has 0 fully saturated rings. The first-order valence-corrected chi connectivity index (χ1v) is 5.81. The molecule has 19 heavy (non-hydrogen) atoms. The minimum atomic E-state index is -4.70. The predicted molar refractivity (Wildman–Crippen MR) is 63.6 cm³/mol. The highest BCUT2D eigenvalue weighted by Gasteiger charge is 2.42. The van der Waals surface area contributed by atoms with E-state index in [1.165, 1.54) is 0 Å². The van der Waals surface area contributed by atoms with Crippen molar-refractivity contribution in [1.82, 2.24) is 5.32 Å². The molecular formula is C11H11F4NO2S. The van der Waals surface area contributed by atoms with Gasteiger partial charge in [0.15, 0.2) is 0 Å². The molecule has 3 nitrogen and oxygen atoms in total. The Balaban J connectivity index is 3.02. The average Bonchev–Trinajstić information content (AvgIpc) is 2.30. The maximum absolute atomic E-state index is 12.9. The third-order valence-electron chi connectivity index (χ3n) is 2.38. The molecule has 0 radical (unpaired) electrons. The number of halogens is 4. The second kappa shape index (κ2) is 6.25. The number of alkyl halides is 3. The fourth-order valence-corrected chi connectivity index (χ4v) is 1.70. The number of carbonyl (C=O) groups is 1. The summed E-state index contributed by atoms with van der Waals surface area (Å²) in [7, 11) is 0. The molecule has 0 aliphatic heterocycles. The highest BCUT2D eigenvalue weighted by molar-refractivity contribution is 7.80. The van der Waals surface area contributed by atoms with Crippen LogP contribution in [0.5, 0.6) is 0 Å². The normalized spacial score (nSPS) is 15.0. The fourth-order valence-electron chi connectivity index (χ4n) is 1.44. The van der Waals surface area contributed by atoms with E-state index < -0.39 is 30.0 Å². The molecule has 2 atom stereocenters. The Labute approximate surface area is 112 Å². The number of nitrogens with one attached hydrogen (secondary N) is 1. The molecule has 106 valence electrons. The molecule has 1 aromatic rings. The van der Waals surface area contributed by atoms with Crippen LogP contribution in [0, 0.1) is 5.82 Å². The lowest BCUT2D eigenvalue weighted by Gasteiger charge is -2.25. The van der Waals surface area contributed by atoms with Crippen LogP contribution >= 0.6 is 12.6 Å². The lowest BCUT2D eigenvalue weighted by Crippen LogP contribution is -2.45. The van der Waals surface area contributed by atoms with E-state index >= 15 is 0 Å². The van der Waals surface area contributed by atoms with Gasteiger partial charge in [0.05, 0.1) is 0 Å². The SMILES string of the molecule is O=C(O)[C@H](CS)N[C@@H](c1ccc(F)cc1)C(F)(F)F. The number of hydrogen-bond acceptors (Lipinski definition) is 3. The Morgan fingerprint density at radius 3 is 2.21 bits per heavy atom. The number of hydrogen-bond donors (Lipinski definition) is 3. The van der Waals surface area contributed by atoms with E-state index in [1.807, 2.05) is 5.32 Å². The highest BCUT2D eigenvalue weighted by Crippen LogP contribution is 2.33. The van der Waals surface area contributed by atoms with E-state index in [9.17, 15) is 22.4 Å². The summed E-state index contributed by atoms with van der Waals surface area (Å²) < 4.78 is 51.4. The monoisotopic (exact) mass is 297 g/mol. The summed E-state index contributed by atoms with van der Waals surface area (Å²) in [5.74, 6) is -2.41. The number of rotatable bonds is 5. The molecule has 0 aliphatic carbocycles. The van der Waals surface area contributed by atoms with Gasteiger partial charge in [-0.05, 0) is 17.7 Å². The fraction of sp³-hybridized carbons (Fsp3) is 0.364. The van der Waals surface area contributed by atoms with Crippen LogP contribution in [0.4, 0.5) is 17.6 Å². The average molecular weight is 297 g/mol. The van der Waals surface area contributed by atoms with Crippen LogP contribution in [0.1, 0.15) is 11.6 Å². The number of carboxylic acids is 1. The van der Waals surface area contributed by atoms with Crippen LogP contribution in [0.25, 0.3) is 0 Å². The van der Waals surface area contributed by atoms with Crippen molar-refractivity contribution in [2.24, 2.45) is 0 Å². The third-order valence-corrected chi connectivity index (χ3v) is 2.74. The Bertz CT molecular complexity index is 435. The van der Waals surface area contributed by atoms with Crippen LogP contribution < -0.4 is 5.32 Å². The first-order valence-electron chi connectivity index (χ1n) is 5.17. The molecule has 0 saturated carbocycles. The number of benzene rings is 1. The number of aliphatic carboxylic acids is 1. The van der Waals surface area contributed by atoms with Crippen LogP contribution in [0.15, 0.2) is 24.3 Å². The summed E-state index contributed by atoms with van der Waals surface area (Å²) in [5.41, 5.74) is -0.262. The molecule has 0 unspecified atom stereocenters. The van der Waals surface area contributed by atoms with Gasteiger partial charge in [-0.3, -0.25) is 10.1 Å². The van der Waals surface area contributed by atoms with Crippen molar-refractivity contribution in [3.05, 3.63) is 35.6 Å². The third kappa shape index (κ3) is 4.39. The summed E-state index contributed by atoms with van der Waals surface area (Å²) in [6.45, 7) is 0. The van der Waals surface area contributed by atoms with Crippen molar-refractivity contribution in [2.75, 3.05) is 5.75 Å². The number of thiol groups is 1. The molecule has 1 rings (SSSR count). The molecule has 0 bridgehead atoms. The largest absolute Gasteiger partial charge is 0.480 e. The smallest absolute Gasteiger partial charge is 0.407 e. The molecule has 0 heterocycles. The summed E-state index contributed by atoms with van der Waals surface area (Å²) in [4.78, 5) is 10.7. The van der Waals surface area contributed by atoms with Crippen molar-refractivity contribution in [2.45, 2.75) is 18.3 Å². The first-order chi connectivity index (χ1) is 8.75. The van der Waals surface area contributed by atoms with Gasteiger partial charge in [0.1, 0.15) is 17.9 Å². The minimum Gasteiger partial charge on any atom is -0.480 e. The maximum Gasteiger partial charge on any atom is 0.407 e. The van der Waals surface area contributed by atoms with Gasteiger partial charge < -0.3 is 5.11 Å². The zero-order valence-electron chi connectivity index (χ0n) is 9.49. The van der Waals surface area contributed by atoms with Gasteiger partial charge in [0.25, 0.3) is 0 Å². The Kier molecular flexibility index (Phi) is 5.19. The van der Waals surface area contributed by atoms with Gasteiger partial charge in [-0.1, -0.05) is 12.1 Å². The summed E-state index contributed by atoms with van der Waals surface area (Å²) in [6, 6.07) is 0.0234. The Morgan fingerprint density at radius 2 is 1.84 bits per heavy atom. The van der Waals surface area contributed by atoms with Crippen molar-refractivity contribution in [3.63, 3.8) is 0 Å². The van der Waals surface area contributed by atoms with Crippen molar-refractivity contribution < 1.29 is 27.5 Å². The Hall–Kier alpha value is -1.28. The zero-order valence-corrected chi connectivity index (χ0v) is 10.4. The summed E-state index contributed by atoms with van der Waals surface area (Å²) in [6.07, 6.45) is -4.70. The molecule has 0 aromatic heterocycles. The van der Waals surface area contributed by atoms with Gasteiger partial charge in [-0.2, -0.15) is 25.8 Å². The van der Waals surface area contributed by atoms with Gasteiger partial charge in [0.2, 0.25) is 0 Å². The van der Waals surface area contributed by atoms with E-state index in [1.54, 1.807) is 0 Å². The van der Waals surface area contributed by atoms with Gasteiger partial charge in [-0.15, -0.1) is 0 Å². The van der Waals surface area contributed by atoms with Crippen LogP contribution in [-0.2, 0) is 4.79 Å². The predicted octanol–water partition coefficient (Wildman–Crippen LogP) is 2.40. The van der Waals surface area contributed by atoms with Gasteiger partial charge in [-0.25, -0.2) is 4.39 Å². The summed E-state index contributed by atoms with van der Waals surface area (Å²) in [5, 5.41) is 10.7. The maximum atomic E-state index is 12.9. The molecule has 1 aromatic carbocycles. The van der Waals surface area contributed by atoms with Gasteiger partial charge in [0, 0.05) is 5.75 Å². The molecule has 0 spiro atoms. The second-order valence-electron chi connectivity index (χ2n) is 3.77. The topological polar surface area (TPSA) is 49.3 Å². The van der Waals surface area contributed by atoms with Crippen LogP contribution in [0.2, 0.25) is 0 Å². The van der Waals surface area contributed by atoms with Crippen LogP contribution in [0.3, 0.4) is 0 Å². The molecule has 8 heteroatoms. The van der Waals surface area contributed by atoms with E-state index in [4.69, 9.17) is 5.11 Å². The van der Waals surface area contributed by atoms with E-state index in [-0.39, 0.29) is 11.3 Å². The van der Waals surface area contributed by atoms with E-state index in [0.29, 0.717) is 0 Å². The van der Waals surface area contributed by atoms with Gasteiger partial charge >= 0.3 is 12.1 Å². The lowest BCUT2D eigenvalue weighted by atomic mass is 10.1. The van der Waals surface area contributed by atoms with Crippen molar-refractivity contribution in [1.29, 1.82) is 0 Å². The molecule has 0 aliphatic rings. The van der Waals surface area contributed by atoms with Crippen molar-refractivity contribution in [3.8, 4) is 0 Å². The summed E-state index contributed by atoms with van der Waals surface area (Å²) >= 11 is 3.68. The molecule has 2 N–H and O–H groups in total. The van der Waals surface area contributed by atoms with Crippen LogP contribution in [-0.4, -0.2) is 29.0 Å². The lowest BCUT2D eigenvalue weighted by molar-refractivity contribution is -0.162.